The van der Waals surface area contributed by atoms with E-state index in [0.29, 0.717) is 6.61 Å². The van der Waals surface area contributed by atoms with E-state index >= 15 is 0 Å². The fourth-order valence-corrected chi connectivity index (χ4v) is 1.61. The molecule has 0 saturated carbocycles. The zero-order valence-corrected chi connectivity index (χ0v) is 10.7. The zero-order valence-electron chi connectivity index (χ0n) is 10.7. The minimum absolute atomic E-state index is 0.00698. The number of nitrogens with one attached hydrogen (secondary N) is 1. The van der Waals surface area contributed by atoms with E-state index in [2.05, 4.69) is 12.2 Å². The van der Waals surface area contributed by atoms with E-state index in [4.69, 9.17) is 10.5 Å². The van der Waals surface area contributed by atoms with Crippen molar-refractivity contribution in [2.45, 2.75) is 27.2 Å². The van der Waals surface area contributed by atoms with E-state index in [-0.39, 0.29) is 12.5 Å². The Balaban J connectivity index is 2.90. The normalized spacial score (nSPS) is 10.1. The number of carbonyl (C=O) groups excluding carboxylic acids is 1. The molecule has 1 aromatic carbocycles. The van der Waals surface area contributed by atoms with Crippen LogP contribution in [-0.4, -0.2) is 19.1 Å². The van der Waals surface area contributed by atoms with Gasteiger partial charge in [0.2, 0.25) is 5.91 Å². The molecule has 3 N–H and O–H groups in total. The summed E-state index contributed by atoms with van der Waals surface area (Å²) in [5.74, 6) is 0.658. The van der Waals surface area contributed by atoms with E-state index in [0.717, 1.165) is 29.0 Å². The summed E-state index contributed by atoms with van der Waals surface area (Å²) in [6.07, 6.45) is 0.976. The highest BCUT2D eigenvalue weighted by atomic mass is 16.5. The maximum absolute atomic E-state index is 11.3. The number of hydrogen-bond acceptors (Lipinski definition) is 3. The van der Waals surface area contributed by atoms with E-state index in [1.165, 1.54) is 0 Å². The van der Waals surface area contributed by atoms with Crippen molar-refractivity contribution in [1.82, 2.24) is 0 Å². The molecule has 0 aliphatic carbocycles. The Morgan fingerprint density at radius 1 is 1.35 bits per heavy atom. The van der Waals surface area contributed by atoms with Gasteiger partial charge in [0.1, 0.15) is 5.75 Å². The molecule has 4 nitrogen and oxygen atoms in total. The van der Waals surface area contributed by atoms with Crippen LogP contribution in [0.3, 0.4) is 0 Å². The Labute approximate surface area is 102 Å². The largest absolute Gasteiger partial charge is 0.494 e. The maximum Gasteiger partial charge on any atom is 0.238 e. The summed E-state index contributed by atoms with van der Waals surface area (Å²) in [4.78, 5) is 11.3. The second kappa shape index (κ2) is 6.25. The van der Waals surface area contributed by atoms with Crippen molar-refractivity contribution in [1.29, 1.82) is 0 Å². The molecular formula is C13H20N2O2. The molecule has 0 atom stereocenters. The summed E-state index contributed by atoms with van der Waals surface area (Å²) in [7, 11) is 0. The van der Waals surface area contributed by atoms with E-state index in [1.807, 2.05) is 26.0 Å². The quantitative estimate of drug-likeness (QED) is 0.821. The molecular weight excluding hydrogens is 216 g/mol. The highest BCUT2D eigenvalue weighted by molar-refractivity contribution is 5.93. The molecule has 0 radical (unpaired) electrons. The maximum atomic E-state index is 11.3. The van der Waals surface area contributed by atoms with Gasteiger partial charge in [-0.1, -0.05) is 6.92 Å². The predicted octanol–water partition coefficient (Wildman–Crippen LogP) is 1.99. The van der Waals surface area contributed by atoms with Crippen LogP contribution >= 0.6 is 0 Å². The topological polar surface area (TPSA) is 64.3 Å². The Hall–Kier alpha value is -1.55. The molecule has 0 heterocycles. The molecule has 0 aromatic heterocycles. The lowest BCUT2D eigenvalue weighted by Crippen LogP contribution is -2.22. The van der Waals surface area contributed by atoms with Gasteiger partial charge in [-0.2, -0.15) is 0 Å². The molecule has 1 amide bonds. The summed E-state index contributed by atoms with van der Waals surface area (Å²) in [5, 5.41) is 2.79. The second-order valence-corrected chi connectivity index (χ2v) is 4.03. The average Bonchev–Trinajstić information content (AvgIpc) is 2.30. The van der Waals surface area contributed by atoms with Crippen LogP contribution in [0.4, 0.5) is 5.69 Å². The van der Waals surface area contributed by atoms with Gasteiger partial charge in [0.25, 0.3) is 0 Å². The van der Waals surface area contributed by atoms with Crippen LogP contribution in [-0.2, 0) is 4.79 Å². The molecule has 1 aromatic rings. The van der Waals surface area contributed by atoms with Gasteiger partial charge >= 0.3 is 0 Å². The molecule has 0 fully saturated rings. The first-order chi connectivity index (χ1) is 8.08. The van der Waals surface area contributed by atoms with Crippen LogP contribution in [0, 0.1) is 13.8 Å². The molecule has 0 bridgehead atoms. The van der Waals surface area contributed by atoms with Crippen molar-refractivity contribution in [2.24, 2.45) is 5.73 Å². The van der Waals surface area contributed by atoms with Crippen LogP contribution in [0.1, 0.15) is 24.5 Å². The lowest BCUT2D eigenvalue weighted by Gasteiger charge is -2.13. The average molecular weight is 236 g/mol. The van der Waals surface area contributed by atoms with Crippen molar-refractivity contribution in [3.8, 4) is 5.75 Å². The molecule has 0 spiro atoms. The van der Waals surface area contributed by atoms with Crippen LogP contribution < -0.4 is 15.8 Å². The monoisotopic (exact) mass is 236 g/mol. The van der Waals surface area contributed by atoms with Crippen molar-refractivity contribution in [3.63, 3.8) is 0 Å². The summed E-state index contributed by atoms with van der Waals surface area (Å²) in [6.45, 7) is 6.64. The third-order valence-corrected chi connectivity index (χ3v) is 2.43. The van der Waals surface area contributed by atoms with Gasteiger partial charge in [-0.25, -0.2) is 0 Å². The SMILES string of the molecule is CCCOc1cc(C)c(NC(=O)CN)c(C)c1. The molecule has 0 unspecified atom stereocenters. The van der Waals surface area contributed by atoms with Crippen LogP contribution in [0.15, 0.2) is 12.1 Å². The molecule has 17 heavy (non-hydrogen) atoms. The smallest absolute Gasteiger partial charge is 0.238 e. The summed E-state index contributed by atoms with van der Waals surface area (Å²) < 4.78 is 5.57. The van der Waals surface area contributed by atoms with E-state index < -0.39 is 0 Å². The minimum atomic E-state index is -0.182. The first-order valence-electron chi connectivity index (χ1n) is 5.82. The molecule has 94 valence electrons. The van der Waals surface area contributed by atoms with Gasteiger partial charge in [0.15, 0.2) is 0 Å². The molecule has 4 heteroatoms. The van der Waals surface area contributed by atoms with Crippen molar-refractivity contribution < 1.29 is 9.53 Å². The van der Waals surface area contributed by atoms with Crippen LogP contribution in [0.25, 0.3) is 0 Å². The fourth-order valence-electron chi connectivity index (χ4n) is 1.61. The number of nitrogens with two attached hydrogens (primary N) is 1. The first-order valence-corrected chi connectivity index (χ1v) is 5.82. The minimum Gasteiger partial charge on any atom is -0.494 e. The highest BCUT2D eigenvalue weighted by Gasteiger charge is 2.08. The van der Waals surface area contributed by atoms with Crippen molar-refractivity contribution >= 4 is 11.6 Å². The predicted molar refractivity (Wildman–Crippen MR) is 69.4 cm³/mol. The number of anilines is 1. The number of amides is 1. The first kappa shape index (κ1) is 13.5. The summed E-state index contributed by atoms with van der Waals surface area (Å²) in [5.41, 5.74) is 8.07. The van der Waals surface area contributed by atoms with Gasteiger partial charge in [0.05, 0.1) is 13.2 Å². The standard InChI is InChI=1S/C13H20N2O2/c1-4-5-17-11-6-9(2)13(10(3)7-11)15-12(16)8-14/h6-7H,4-5,8,14H2,1-3H3,(H,15,16). The summed E-state index contributed by atoms with van der Waals surface area (Å²) in [6, 6.07) is 3.85. The van der Waals surface area contributed by atoms with Crippen molar-refractivity contribution in [3.05, 3.63) is 23.3 Å². The van der Waals surface area contributed by atoms with Gasteiger partial charge in [-0.05, 0) is 43.5 Å². The number of aryl methyl sites for hydroxylation is 2. The Bertz CT molecular complexity index is 379. The third-order valence-electron chi connectivity index (χ3n) is 2.43. The highest BCUT2D eigenvalue weighted by Crippen LogP contribution is 2.26. The lowest BCUT2D eigenvalue weighted by molar-refractivity contribution is -0.114. The van der Waals surface area contributed by atoms with E-state index in [9.17, 15) is 4.79 Å². The second-order valence-electron chi connectivity index (χ2n) is 4.03. The molecule has 1 rings (SSSR count). The van der Waals surface area contributed by atoms with Crippen LogP contribution in [0.5, 0.6) is 5.75 Å². The number of hydrogen-bond donors (Lipinski definition) is 2. The van der Waals surface area contributed by atoms with Crippen LogP contribution in [0.2, 0.25) is 0 Å². The summed E-state index contributed by atoms with van der Waals surface area (Å²) >= 11 is 0. The van der Waals surface area contributed by atoms with E-state index in [1.54, 1.807) is 0 Å². The molecule has 0 saturated heterocycles. The number of ether oxygens (including phenoxy) is 1. The number of carbonyl (C=O) groups is 1. The number of benzene rings is 1. The Morgan fingerprint density at radius 2 is 1.94 bits per heavy atom. The molecule has 0 aliphatic rings. The lowest BCUT2D eigenvalue weighted by atomic mass is 10.1. The number of rotatable bonds is 5. The van der Waals surface area contributed by atoms with Gasteiger partial charge in [0, 0.05) is 5.69 Å². The van der Waals surface area contributed by atoms with Gasteiger partial charge < -0.3 is 15.8 Å². The zero-order chi connectivity index (χ0) is 12.8. The molecule has 0 aliphatic heterocycles. The Morgan fingerprint density at radius 3 is 2.41 bits per heavy atom. The fraction of sp³-hybridized carbons (Fsp3) is 0.462. The third kappa shape index (κ3) is 3.75. The van der Waals surface area contributed by atoms with Gasteiger partial charge in [-0.3, -0.25) is 4.79 Å². The van der Waals surface area contributed by atoms with Gasteiger partial charge in [-0.15, -0.1) is 0 Å². The van der Waals surface area contributed by atoms with Crippen molar-refractivity contribution in [2.75, 3.05) is 18.5 Å². The Kier molecular flexibility index (Phi) is 4.97.